The van der Waals surface area contributed by atoms with E-state index in [2.05, 4.69) is 9.71 Å². The van der Waals surface area contributed by atoms with Gasteiger partial charge in [0.15, 0.2) is 0 Å². The number of anilines is 1. The number of sulfonamides is 1. The van der Waals surface area contributed by atoms with Gasteiger partial charge in [-0.1, -0.05) is 12.1 Å². The number of ether oxygens (including phenoxy) is 1. The zero-order chi connectivity index (χ0) is 19.7. The fourth-order valence-electron chi connectivity index (χ4n) is 2.83. The van der Waals surface area contributed by atoms with Gasteiger partial charge < -0.3 is 4.74 Å². The first kappa shape index (κ1) is 18.5. The van der Waals surface area contributed by atoms with E-state index in [0.717, 1.165) is 32.1 Å². The monoisotopic (exact) mass is 410 g/mol. The third-order valence-corrected chi connectivity index (χ3v) is 6.73. The second-order valence-electron chi connectivity index (χ2n) is 6.35. The van der Waals surface area contributed by atoms with Crippen LogP contribution < -0.4 is 9.46 Å². The Morgan fingerprint density at radius 2 is 1.79 bits per heavy atom. The van der Waals surface area contributed by atoms with E-state index >= 15 is 0 Å². The van der Waals surface area contributed by atoms with Crippen molar-refractivity contribution in [3.05, 3.63) is 72.3 Å². The molecule has 0 saturated heterocycles. The lowest BCUT2D eigenvalue weighted by molar-refractivity contribution is 0.415. The van der Waals surface area contributed by atoms with Crippen LogP contribution in [0.5, 0.6) is 5.75 Å². The van der Waals surface area contributed by atoms with Crippen molar-refractivity contribution in [2.45, 2.75) is 11.8 Å². The standard InChI is InChI=1S/C21H18N2O3S2/c1-14-4-3-5-18(12-14)28(24,25)23-16-8-6-15(7-9-16)21-22-19-11-10-17(26-2)13-20(19)27-21/h3-13,23H,1-2H3. The van der Waals surface area contributed by atoms with Crippen LogP contribution in [0.2, 0.25) is 0 Å². The minimum absolute atomic E-state index is 0.247. The normalized spacial score (nSPS) is 11.5. The molecule has 4 aromatic rings. The summed E-state index contributed by atoms with van der Waals surface area (Å²) in [7, 11) is -1.98. The summed E-state index contributed by atoms with van der Waals surface area (Å²) in [6.07, 6.45) is 0. The van der Waals surface area contributed by atoms with Gasteiger partial charge in [-0.3, -0.25) is 4.72 Å². The maximum absolute atomic E-state index is 12.6. The molecule has 1 aromatic heterocycles. The predicted octanol–water partition coefficient (Wildman–Crippen LogP) is 5.08. The Morgan fingerprint density at radius 3 is 2.50 bits per heavy atom. The molecule has 0 spiro atoms. The molecule has 0 bridgehead atoms. The summed E-state index contributed by atoms with van der Waals surface area (Å²) in [5, 5.41) is 0.872. The molecule has 5 nitrogen and oxygen atoms in total. The average Bonchev–Trinajstić information content (AvgIpc) is 3.11. The summed E-state index contributed by atoms with van der Waals surface area (Å²) < 4.78 is 34.0. The largest absolute Gasteiger partial charge is 0.497 e. The molecule has 7 heteroatoms. The Morgan fingerprint density at radius 1 is 1.00 bits per heavy atom. The van der Waals surface area contributed by atoms with Gasteiger partial charge >= 0.3 is 0 Å². The number of hydrogen-bond donors (Lipinski definition) is 1. The summed E-state index contributed by atoms with van der Waals surface area (Å²) in [5.74, 6) is 0.795. The van der Waals surface area contributed by atoms with Crippen LogP contribution in [-0.2, 0) is 10.0 Å². The minimum atomic E-state index is -3.62. The fourth-order valence-corrected chi connectivity index (χ4v) is 5.00. The van der Waals surface area contributed by atoms with Gasteiger partial charge in [0, 0.05) is 11.3 Å². The van der Waals surface area contributed by atoms with Crippen LogP contribution in [0.3, 0.4) is 0 Å². The number of methoxy groups -OCH3 is 1. The van der Waals surface area contributed by atoms with Crippen LogP contribution >= 0.6 is 11.3 Å². The highest BCUT2D eigenvalue weighted by Crippen LogP contribution is 2.33. The van der Waals surface area contributed by atoms with Crippen LogP contribution in [-0.4, -0.2) is 20.5 Å². The van der Waals surface area contributed by atoms with Gasteiger partial charge in [-0.15, -0.1) is 11.3 Å². The molecule has 0 aliphatic carbocycles. The molecule has 1 heterocycles. The summed E-state index contributed by atoms with van der Waals surface area (Å²) >= 11 is 1.57. The van der Waals surface area contributed by atoms with Gasteiger partial charge in [0.2, 0.25) is 0 Å². The summed E-state index contributed by atoms with van der Waals surface area (Å²) in [6.45, 7) is 1.86. The number of nitrogens with one attached hydrogen (secondary N) is 1. The smallest absolute Gasteiger partial charge is 0.261 e. The van der Waals surface area contributed by atoms with Crippen LogP contribution in [0.15, 0.2) is 71.6 Å². The topological polar surface area (TPSA) is 68.3 Å². The number of aromatic nitrogens is 1. The Bertz CT molecular complexity index is 1250. The van der Waals surface area contributed by atoms with E-state index in [4.69, 9.17) is 4.74 Å². The number of nitrogens with zero attached hydrogens (tertiary/aromatic N) is 1. The van der Waals surface area contributed by atoms with Crippen molar-refractivity contribution < 1.29 is 13.2 Å². The predicted molar refractivity (Wildman–Crippen MR) is 114 cm³/mol. The van der Waals surface area contributed by atoms with Crippen LogP contribution in [0, 0.1) is 6.92 Å². The van der Waals surface area contributed by atoms with Gasteiger partial charge in [-0.05, 0) is 67.1 Å². The Hall–Kier alpha value is -2.90. The molecule has 0 amide bonds. The number of thiazole rings is 1. The highest BCUT2D eigenvalue weighted by molar-refractivity contribution is 7.92. The van der Waals surface area contributed by atoms with E-state index in [1.54, 1.807) is 48.8 Å². The molecule has 0 saturated carbocycles. The van der Waals surface area contributed by atoms with Crippen molar-refractivity contribution in [2.75, 3.05) is 11.8 Å². The summed E-state index contributed by atoms with van der Waals surface area (Å²) in [6, 6.07) is 19.8. The average molecular weight is 411 g/mol. The molecule has 3 aromatic carbocycles. The molecule has 0 aliphatic heterocycles. The lowest BCUT2D eigenvalue weighted by Gasteiger charge is -2.09. The number of benzene rings is 3. The van der Waals surface area contributed by atoms with Crippen molar-refractivity contribution >= 4 is 37.3 Å². The first-order valence-corrected chi connectivity index (χ1v) is 10.9. The summed E-state index contributed by atoms with van der Waals surface area (Å²) in [4.78, 5) is 4.89. The zero-order valence-corrected chi connectivity index (χ0v) is 17.0. The highest BCUT2D eigenvalue weighted by Gasteiger charge is 2.14. The van der Waals surface area contributed by atoms with E-state index in [1.165, 1.54) is 0 Å². The van der Waals surface area contributed by atoms with Crippen molar-refractivity contribution in [1.29, 1.82) is 0 Å². The molecule has 0 atom stereocenters. The van der Waals surface area contributed by atoms with E-state index in [1.807, 2.05) is 43.3 Å². The Labute approximate surface area is 167 Å². The third-order valence-electron chi connectivity index (χ3n) is 4.28. The molecule has 0 unspecified atom stereocenters. The Kier molecular flexibility index (Phi) is 4.78. The molecule has 1 N–H and O–H groups in total. The van der Waals surface area contributed by atoms with Crippen molar-refractivity contribution in [3.63, 3.8) is 0 Å². The number of fused-ring (bicyclic) bond motifs is 1. The second kappa shape index (κ2) is 7.26. The van der Waals surface area contributed by atoms with Crippen molar-refractivity contribution in [3.8, 4) is 16.3 Å². The molecular formula is C21H18N2O3S2. The lowest BCUT2D eigenvalue weighted by atomic mass is 10.2. The Balaban J connectivity index is 1.59. The SMILES string of the molecule is COc1ccc2nc(-c3ccc(NS(=O)(=O)c4cccc(C)c4)cc3)sc2c1. The highest BCUT2D eigenvalue weighted by atomic mass is 32.2. The summed E-state index contributed by atoms with van der Waals surface area (Å²) in [5.41, 5.74) is 3.24. The van der Waals surface area contributed by atoms with E-state index in [-0.39, 0.29) is 4.90 Å². The number of aryl methyl sites for hydroxylation is 1. The van der Waals surface area contributed by atoms with E-state index in [0.29, 0.717) is 5.69 Å². The molecule has 0 radical (unpaired) electrons. The fraction of sp³-hybridized carbons (Fsp3) is 0.0952. The number of hydrogen-bond acceptors (Lipinski definition) is 5. The molecule has 0 fully saturated rings. The lowest BCUT2D eigenvalue weighted by Crippen LogP contribution is -2.12. The van der Waals surface area contributed by atoms with E-state index < -0.39 is 10.0 Å². The van der Waals surface area contributed by atoms with E-state index in [9.17, 15) is 8.42 Å². The molecule has 142 valence electrons. The minimum Gasteiger partial charge on any atom is -0.497 e. The van der Waals surface area contributed by atoms with Crippen LogP contribution in [0.25, 0.3) is 20.8 Å². The van der Waals surface area contributed by atoms with Crippen LogP contribution in [0.4, 0.5) is 5.69 Å². The zero-order valence-electron chi connectivity index (χ0n) is 15.3. The van der Waals surface area contributed by atoms with Gasteiger partial charge in [0.1, 0.15) is 10.8 Å². The molecule has 0 aliphatic rings. The number of rotatable bonds is 5. The van der Waals surface area contributed by atoms with Gasteiger partial charge in [0.25, 0.3) is 10.0 Å². The van der Waals surface area contributed by atoms with Gasteiger partial charge in [-0.2, -0.15) is 0 Å². The maximum atomic E-state index is 12.6. The van der Waals surface area contributed by atoms with Crippen molar-refractivity contribution in [1.82, 2.24) is 4.98 Å². The quantitative estimate of drug-likeness (QED) is 0.498. The van der Waals surface area contributed by atoms with Gasteiger partial charge in [-0.25, -0.2) is 13.4 Å². The van der Waals surface area contributed by atoms with Crippen molar-refractivity contribution in [2.24, 2.45) is 0 Å². The van der Waals surface area contributed by atoms with Gasteiger partial charge in [0.05, 0.1) is 22.2 Å². The molecule has 4 rings (SSSR count). The maximum Gasteiger partial charge on any atom is 0.261 e. The third kappa shape index (κ3) is 3.72. The molecule has 28 heavy (non-hydrogen) atoms. The first-order valence-electron chi connectivity index (χ1n) is 8.59. The second-order valence-corrected chi connectivity index (χ2v) is 9.07. The molecular weight excluding hydrogens is 392 g/mol. The van der Waals surface area contributed by atoms with Crippen LogP contribution in [0.1, 0.15) is 5.56 Å². The first-order chi connectivity index (χ1) is 13.4.